The fourth-order valence-corrected chi connectivity index (χ4v) is 4.47. The third-order valence-electron chi connectivity index (χ3n) is 4.67. The van der Waals surface area contributed by atoms with Crippen molar-refractivity contribution in [2.75, 3.05) is 11.9 Å². The van der Waals surface area contributed by atoms with E-state index in [2.05, 4.69) is 10.0 Å². The number of amides is 1. The molecule has 9 nitrogen and oxygen atoms in total. The quantitative estimate of drug-likeness (QED) is 0.324. The molecule has 0 saturated heterocycles. The van der Waals surface area contributed by atoms with Crippen molar-refractivity contribution in [1.29, 1.82) is 0 Å². The summed E-state index contributed by atoms with van der Waals surface area (Å²) in [7, 11) is -4.19. The third-order valence-corrected chi connectivity index (χ3v) is 6.62. The topological polar surface area (TPSA) is 131 Å². The highest BCUT2D eigenvalue weighted by Crippen LogP contribution is 2.32. The lowest BCUT2D eigenvalue weighted by Gasteiger charge is -2.20. The molecule has 2 unspecified atom stereocenters. The van der Waals surface area contributed by atoms with Crippen molar-refractivity contribution in [3.8, 4) is 11.5 Å². The van der Waals surface area contributed by atoms with Gasteiger partial charge in [-0.25, -0.2) is 8.42 Å². The van der Waals surface area contributed by atoms with Gasteiger partial charge in [0.15, 0.2) is 12.4 Å². The number of hydrogen-bond donors (Lipinski definition) is 3. The molecule has 0 aliphatic heterocycles. The zero-order chi connectivity index (χ0) is 26.3. The van der Waals surface area contributed by atoms with Crippen LogP contribution in [0.2, 0.25) is 10.0 Å². The van der Waals surface area contributed by atoms with Crippen LogP contribution in [0.4, 0.5) is 5.69 Å². The molecule has 36 heavy (non-hydrogen) atoms. The second-order valence-corrected chi connectivity index (χ2v) is 10.1. The molecule has 0 fully saturated rings. The number of hydrogen-bond acceptors (Lipinski definition) is 7. The lowest BCUT2D eigenvalue weighted by Crippen LogP contribution is -2.48. The normalized spacial score (nSPS) is 12.9. The number of ether oxygens (including phenoxy) is 2. The molecule has 3 N–H and O–H groups in total. The fourth-order valence-electron chi connectivity index (χ4n) is 2.91. The molecule has 0 aliphatic rings. The maximum Gasteiger partial charge on any atom is 0.327 e. The Hall–Kier alpha value is -3.15. The van der Waals surface area contributed by atoms with E-state index in [1.807, 2.05) is 6.07 Å². The molecule has 0 aromatic heterocycles. The molecule has 1 amide bonds. The lowest BCUT2D eigenvalue weighted by molar-refractivity contribution is -0.151. The monoisotopic (exact) mass is 552 g/mol. The summed E-state index contributed by atoms with van der Waals surface area (Å²) >= 11 is 11.8. The minimum atomic E-state index is -4.19. The number of aliphatic hydroxyl groups is 1. The smallest absolute Gasteiger partial charge is 0.327 e. The number of anilines is 1. The highest BCUT2D eigenvalue weighted by atomic mass is 35.5. The van der Waals surface area contributed by atoms with Gasteiger partial charge >= 0.3 is 5.97 Å². The number of sulfonamides is 1. The van der Waals surface area contributed by atoms with Gasteiger partial charge in [0.25, 0.3) is 5.91 Å². The van der Waals surface area contributed by atoms with Gasteiger partial charge in [0.05, 0.1) is 16.7 Å². The van der Waals surface area contributed by atoms with Gasteiger partial charge in [-0.05, 0) is 61.5 Å². The first-order valence-electron chi connectivity index (χ1n) is 10.5. The van der Waals surface area contributed by atoms with Gasteiger partial charge in [-0.2, -0.15) is 4.72 Å². The van der Waals surface area contributed by atoms with Crippen LogP contribution in [0, 0.1) is 0 Å². The average molecular weight is 553 g/mol. The van der Waals surface area contributed by atoms with Crippen LogP contribution < -0.4 is 14.8 Å². The number of carbonyl (C=O) groups excluding carboxylic acids is 2. The molecule has 0 spiro atoms. The van der Waals surface area contributed by atoms with E-state index in [0.717, 1.165) is 0 Å². The molecule has 3 aromatic carbocycles. The molecule has 0 heterocycles. The van der Waals surface area contributed by atoms with Gasteiger partial charge in [-0.15, -0.1) is 0 Å². The van der Waals surface area contributed by atoms with Crippen LogP contribution in [-0.2, 0) is 24.3 Å². The number of carbonyl (C=O) groups is 2. The Morgan fingerprint density at radius 1 is 0.972 bits per heavy atom. The minimum Gasteiger partial charge on any atom is -0.455 e. The standard InChI is InChI=1S/C24H22Cl2N2O7S/c1-15(29)23(28-36(32,33)19-10-7-16(25)8-11-19)24(31)34-14-22(30)27-20-13-17(26)9-12-21(20)35-18-5-3-2-4-6-18/h2-13,15,23,28-29H,14H2,1H3,(H,27,30). The highest BCUT2D eigenvalue weighted by Gasteiger charge is 2.31. The number of nitrogens with one attached hydrogen (secondary N) is 2. The van der Waals surface area contributed by atoms with E-state index in [1.54, 1.807) is 36.4 Å². The van der Waals surface area contributed by atoms with E-state index in [4.69, 9.17) is 32.7 Å². The van der Waals surface area contributed by atoms with Crippen molar-refractivity contribution < 1.29 is 32.6 Å². The van der Waals surface area contributed by atoms with E-state index in [1.165, 1.54) is 37.3 Å². The van der Waals surface area contributed by atoms with Gasteiger partial charge in [0.2, 0.25) is 10.0 Å². The van der Waals surface area contributed by atoms with Crippen molar-refractivity contribution in [2.45, 2.75) is 24.0 Å². The van der Waals surface area contributed by atoms with E-state index in [-0.39, 0.29) is 10.6 Å². The van der Waals surface area contributed by atoms with Crippen LogP contribution in [0.3, 0.4) is 0 Å². The Kier molecular flexibility index (Phi) is 9.30. The van der Waals surface area contributed by atoms with Crippen molar-refractivity contribution in [2.24, 2.45) is 0 Å². The SMILES string of the molecule is CC(O)C(NS(=O)(=O)c1ccc(Cl)cc1)C(=O)OCC(=O)Nc1cc(Cl)ccc1Oc1ccccc1. The molecule has 3 rings (SSSR count). The van der Waals surface area contributed by atoms with Crippen LogP contribution in [-0.4, -0.2) is 44.2 Å². The Morgan fingerprint density at radius 3 is 2.25 bits per heavy atom. The second kappa shape index (κ2) is 12.2. The molecule has 0 aliphatic carbocycles. The number of esters is 1. The maximum absolute atomic E-state index is 12.6. The summed E-state index contributed by atoms with van der Waals surface area (Å²) in [5.74, 6) is -1.07. The lowest BCUT2D eigenvalue weighted by atomic mass is 10.2. The zero-order valence-corrected chi connectivity index (χ0v) is 21.2. The van der Waals surface area contributed by atoms with E-state index in [0.29, 0.717) is 21.5 Å². The number of rotatable bonds is 10. The predicted octanol–water partition coefficient (Wildman–Crippen LogP) is 4.00. The highest BCUT2D eigenvalue weighted by molar-refractivity contribution is 7.89. The molecular formula is C24H22Cl2N2O7S. The average Bonchev–Trinajstić information content (AvgIpc) is 2.83. The Labute approximate surface area is 218 Å². The number of aliphatic hydroxyl groups excluding tert-OH is 1. The van der Waals surface area contributed by atoms with Gasteiger partial charge in [-0.3, -0.25) is 9.59 Å². The molecule has 190 valence electrons. The van der Waals surface area contributed by atoms with Crippen molar-refractivity contribution in [1.82, 2.24) is 4.72 Å². The first-order chi connectivity index (χ1) is 17.0. The molecule has 0 radical (unpaired) electrons. The van der Waals surface area contributed by atoms with Crippen LogP contribution in [0.5, 0.6) is 11.5 Å². The molecule has 0 bridgehead atoms. The van der Waals surface area contributed by atoms with E-state index in [9.17, 15) is 23.1 Å². The van der Waals surface area contributed by atoms with Crippen molar-refractivity contribution in [3.05, 3.63) is 82.8 Å². The summed E-state index contributed by atoms with van der Waals surface area (Å²) in [6.07, 6.45) is -1.46. The van der Waals surface area contributed by atoms with Crippen molar-refractivity contribution >= 4 is 50.8 Å². The van der Waals surface area contributed by atoms with E-state index < -0.39 is 40.7 Å². The molecule has 12 heteroatoms. The molecular weight excluding hydrogens is 531 g/mol. The summed E-state index contributed by atoms with van der Waals surface area (Å²) in [5, 5.41) is 13.1. The summed E-state index contributed by atoms with van der Waals surface area (Å²) < 4.78 is 38.0. The maximum atomic E-state index is 12.6. The summed E-state index contributed by atoms with van der Waals surface area (Å²) in [4.78, 5) is 24.8. The first-order valence-corrected chi connectivity index (χ1v) is 12.7. The van der Waals surface area contributed by atoms with Crippen LogP contribution >= 0.6 is 23.2 Å². The molecule has 3 aromatic rings. The molecule has 0 saturated carbocycles. The summed E-state index contributed by atoms with van der Waals surface area (Å²) in [5.41, 5.74) is 0.225. The van der Waals surface area contributed by atoms with Gasteiger partial charge in [0, 0.05) is 10.0 Å². The van der Waals surface area contributed by atoms with Crippen LogP contribution in [0.1, 0.15) is 6.92 Å². The number of benzene rings is 3. The van der Waals surface area contributed by atoms with Crippen molar-refractivity contribution in [3.63, 3.8) is 0 Å². The summed E-state index contributed by atoms with van der Waals surface area (Å²) in [6, 6.07) is 17.0. The van der Waals surface area contributed by atoms with Gasteiger partial charge in [0.1, 0.15) is 11.8 Å². The fraction of sp³-hybridized carbons (Fsp3) is 0.167. The van der Waals surface area contributed by atoms with Gasteiger partial charge in [-0.1, -0.05) is 41.4 Å². The van der Waals surface area contributed by atoms with Crippen LogP contribution in [0.25, 0.3) is 0 Å². The second-order valence-electron chi connectivity index (χ2n) is 7.50. The summed E-state index contributed by atoms with van der Waals surface area (Å²) in [6.45, 7) is 0.442. The Bertz CT molecular complexity index is 1320. The first kappa shape index (κ1) is 27.4. The minimum absolute atomic E-state index is 0.171. The molecule has 2 atom stereocenters. The number of halogens is 2. The Morgan fingerprint density at radius 2 is 1.61 bits per heavy atom. The third kappa shape index (κ3) is 7.67. The number of para-hydroxylation sites is 1. The largest absolute Gasteiger partial charge is 0.455 e. The van der Waals surface area contributed by atoms with E-state index >= 15 is 0 Å². The van der Waals surface area contributed by atoms with Crippen LogP contribution in [0.15, 0.2) is 77.7 Å². The zero-order valence-electron chi connectivity index (χ0n) is 18.9. The van der Waals surface area contributed by atoms with Gasteiger partial charge < -0.3 is 19.9 Å². The predicted molar refractivity (Wildman–Crippen MR) is 135 cm³/mol. The Balaban J connectivity index is 1.64.